The molecule has 7 nitrogen and oxygen atoms in total. The minimum absolute atomic E-state index is 0.00245. The number of nitrogens with one attached hydrogen (secondary N) is 2. The zero-order valence-corrected chi connectivity index (χ0v) is 18.6. The third-order valence-corrected chi connectivity index (χ3v) is 6.71. The summed E-state index contributed by atoms with van der Waals surface area (Å²) in [6.45, 7) is 3.30. The predicted octanol–water partition coefficient (Wildman–Crippen LogP) is 3.97. The molecule has 0 aliphatic heterocycles. The summed E-state index contributed by atoms with van der Waals surface area (Å²) in [5.41, 5.74) is 0.903. The van der Waals surface area contributed by atoms with E-state index in [-0.39, 0.29) is 16.8 Å². The number of hydrogen-bond donors (Lipinski definition) is 2. The number of sulfonamides is 1. The Morgan fingerprint density at radius 3 is 2.42 bits per heavy atom. The fourth-order valence-corrected chi connectivity index (χ4v) is 4.86. The van der Waals surface area contributed by atoms with Crippen molar-refractivity contribution in [2.24, 2.45) is 0 Å². The van der Waals surface area contributed by atoms with Crippen LogP contribution in [0.3, 0.4) is 0 Å². The topological polar surface area (TPSA) is 93.7 Å². The number of carbonyl (C=O) groups excluding carboxylic acids is 1. The van der Waals surface area contributed by atoms with Gasteiger partial charge in [0, 0.05) is 18.3 Å². The smallest absolute Gasteiger partial charge is 0.259 e. The van der Waals surface area contributed by atoms with Crippen molar-refractivity contribution >= 4 is 21.6 Å². The molecule has 0 heterocycles. The normalized spacial score (nSPS) is 14.9. The summed E-state index contributed by atoms with van der Waals surface area (Å²) in [4.78, 5) is 12.9. The van der Waals surface area contributed by atoms with Crippen molar-refractivity contribution in [1.29, 1.82) is 0 Å². The third kappa shape index (κ3) is 6.78. The molecule has 0 bridgehead atoms. The van der Waals surface area contributed by atoms with Crippen LogP contribution in [0.4, 0.5) is 5.69 Å². The first-order valence-electron chi connectivity index (χ1n) is 10.7. The van der Waals surface area contributed by atoms with Crippen LogP contribution < -0.4 is 14.8 Å². The highest BCUT2D eigenvalue weighted by molar-refractivity contribution is 7.89. The van der Waals surface area contributed by atoms with Crippen LogP contribution in [0.25, 0.3) is 0 Å². The second-order valence-corrected chi connectivity index (χ2v) is 9.19. The van der Waals surface area contributed by atoms with Gasteiger partial charge in [-0.1, -0.05) is 31.4 Å². The van der Waals surface area contributed by atoms with Crippen LogP contribution in [0.2, 0.25) is 0 Å². The number of hydrogen-bond acceptors (Lipinski definition) is 5. The van der Waals surface area contributed by atoms with E-state index in [1.54, 1.807) is 36.4 Å². The molecule has 168 valence electrons. The molecule has 1 amide bonds. The maximum Gasteiger partial charge on any atom is 0.259 e. The monoisotopic (exact) mass is 446 g/mol. The molecular formula is C23H30N2O5S. The van der Waals surface area contributed by atoms with Gasteiger partial charge in [-0.15, -0.1) is 0 Å². The number of amides is 1. The zero-order valence-electron chi connectivity index (χ0n) is 17.8. The zero-order chi connectivity index (χ0) is 22.1. The van der Waals surface area contributed by atoms with Gasteiger partial charge >= 0.3 is 0 Å². The van der Waals surface area contributed by atoms with Gasteiger partial charge in [-0.2, -0.15) is 0 Å². The Kier molecular flexibility index (Phi) is 8.45. The summed E-state index contributed by atoms with van der Waals surface area (Å²) in [6.07, 6.45) is 5.01. The van der Waals surface area contributed by atoms with Crippen LogP contribution in [0, 0.1) is 0 Å². The molecule has 1 fully saturated rings. The van der Waals surface area contributed by atoms with Crippen molar-refractivity contribution in [3.8, 4) is 5.75 Å². The molecule has 2 aromatic rings. The molecule has 0 saturated heterocycles. The average molecular weight is 447 g/mol. The maximum absolute atomic E-state index is 12.7. The van der Waals surface area contributed by atoms with Crippen molar-refractivity contribution in [3.05, 3.63) is 54.1 Å². The maximum atomic E-state index is 12.7. The number of carbonyl (C=O) groups is 1. The summed E-state index contributed by atoms with van der Waals surface area (Å²) < 4.78 is 39.0. The van der Waals surface area contributed by atoms with E-state index in [9.17, 15) is 13.2 Å². The van der Waals surface area contributed by atoms with Crippen LogP contribution in [-0.4, -0.2) is 40.2 Å². The molecule has 8 heteroatoms. The average Bonchev–Trinajstić information content (AvgIpc) is 2.78. The van der Waals surface area contributed by atoms with Crippen molar-refractivity contribution < 1.29 is 22.7 Å². The lowest BCUT2D eigenvalue weighted by molar-refractivity contribution is 0.0998. The molecule has 0 spiro atoms. The molecule has 1 aliphatic carbocycles. The Morgan fingerprint density at radius 1 is 1.00 bits per heavy atom. The standard InChI is InChI=1S/C23H30N2O5S/c1-2-29-16-17-30-22-11-7-6-10-21(22)23(26)24-18-12-14-20(15-13-18)31(27,28)25-19-8-4-3-5-9-19/h6-7,10-15,19,25H,2-5,8-9,16-17H2,1H3,(H,24,26). The summed E-state index contributed by atoms with van der Waals surface area (Å²) >= 11 is 0. The first-order chi connectivity index (χ1) is 15.0. The highest BCUT2D eigenvalue weighted by atomic mass is 32.2. The molecular weight excluding hydrogens is 416 g/mol. The fraction of sp³-hybridized carbons (Fsp3) is 0.435. The first kappa shape index (κ1) is 23.2. The van der Waals surface area contributed by atoms with Gasteiger partial charge in [0.1, 0.15) is 12.4 Å². The minimum Gasteiger partial charge on any atom is -0.490 e. The van der Waals surface area contributed by atoms with E-state index in [0.717, 1.165) is 32.1 Å². The van der Waals surface area contributed by atoms with Crippen molar-refractivity contribution in [2.75, 3.05) is 25.1 Å². The highest BCUT2D eigenvalue weighted by Gasteiger charge is 2.22. The predicted molar refractivity (Wildman–Crippen MR) is 120 cm³/mol. The molecule has 0 radical (unpaired) electrons. The summed E-state index contributed by atoms with van der Waals surface area (Å²) in [5.74, 6) is 0.138. The number of ether oxygens (including phenoxy) is 2. The van der Waals surface area contributed by atoms with Crippen molar-refractivity contribution in [1.82, 2.24) is 4.72 Å². The Morgan fingerprint density at radius 2 is 1.71 bits per heavy atom. The summed E-state index contributed by atoms with van der Waals surface area (Å²) in [6, 6.07) is 13.2. The van der Waals surface area contributed by atoms with Crippen molar-refractivity contribution in [3.63, 3.8) is 0 Å². The number of rotatable bonds is 10. The molecule has 1 saturated carbocycles. The van der Waals surface area contributed by atoms with E-state index in [0.29, 0.717) is 36.8 Å². The quantitative estimate of drug-likeness (QED) is 0.539. The van der Waals surface area contributed by atoms with Gasteiger partial charge in [-0.3, -0.25) is 4.79 Å². The molecule has 0 unspecified atom stereocenters. The Balaban J connectivity index is 1.62. The third-order valence-electron chi connectivity index (χ3n) is 5.17. The number of anilines is 1. The Bertz CT molecular complexity index is 954. The van der Waals surface area contributed by atoms with Gasteiger partial charge in [0.2, 0.25) is 10.0 Å². The van der Waals surface area contributed by atoms with Crippen LogP contribution in [0.1, 0.15) is 49.4 Å². The molecule has 0 atom stereocenters. The fourth-order valence-electron chi connectivity index (χ4n) is 3.56. The van der Waals surface area contributed by atoms with Gasteiger partial charge < -0.3 is 14.8 Å². The molecule has 0 aromatic heterocycles. The van der Waals surface area contributed by atoms with Crippen LogP contribution in [0.5, 0.6) is 5.75 Å². The second-order valence-electron chi connectivity index (χ2n) is 7.48. The SMILES string of the molecule is CCOCCOc1ccccc1C(=O)Nc1ccc(S(=O)(=O)NC2CCCCC2)cc1. The minimum atomic E-state index is -3.57. The van der Waals surface area contributed by atoms with Crippen LogP contribution in [0.15, 0.2) is 53.4 Å². The number of benzene rings is 2. The molecule has 2 N–H and O–H groups in total. The van der Waals surface area contributed by atoms with Crippen molar-refractivity contribution in [2.45, 2.75) is 50.0 Å². The van der Waals surface area contributed by atoms with E-state index < -0.39 is 10.0 Å². The molecule has 1 aliphatic rings. The van der Waals surface area contributed by atoms with Gasteiger partial charge in [-0.05, 0) is 56.2 Å². The molecule has 2 aromatic carbocycles. The number of para-hydroxylation sites is 1. The lowest BCUT2D eigenvalue weighted by atomic mass is 9.96. The van der Waals surface area contributed by atoms with E-state index in [4.69, 9.17) is 9.47 Å². The van der Waals surface area contributed by atoms with Crippen LogP contribution >= 0.6 is 0 Å². The molecule has 31 heavy (non-hydrogen) atoms. The Hall–Kier alpha value is -2.42. The second kappa shape index (κ2) is 11.3. The van der Waals surface area contributed by atoms with Gasteiger partial charge in [-0.25, -0.2) is 13.1 Å². The highest BCUT2D eigenvalue weighted by Crippen LogP contribution is 2.22. The summed E-state index contributed by atoms with van der Waals surface area (Å²) in [7, 11) is -3.57. The Labute approximate surface area is 184 Å². The van der Waals surface area contributed by atoms with Gasteiger partial charge in [0.25, 0.3) is 5.91 Å². The van der Waals surface area contributed by atoms with E-state index in [1.165, 1.54) is 12.1 Å². The van der Waals surface area contributed by atoms with E-state index in [2.05, 4.69) is 10.0 Å². The first-order valence-corrected chi connectivity index (χ1v) is 12.2. The molecule has 3 rings (SSSR count). The largest absolute Gasteiger partial charge is 0.490 e. The van der Waals surface area contributed by atoms with E-state index in [1.807, 2.05) is 6.92 Å². The summed E-state index contributed by atoms with van der Waals surface area (Å²) in [5, 5.41) is 2.79. The van der Waals surface area contributed by atoms with Gasteiger partial charge in [0.05, 0.1) is 17.1 Å². The lowest BCUT2D eigenvalue weighted by Gasteiger charge is -2.22. The van der Waals surface area contributed by atoms with Crippen LogP contribution in [-0.2, 0) is 14.8 Å². The van der Waals surface area contributed by atoms with E-state index >= 15 is 0 Å². The lowest BCUT2D eigenvalue weighted by Crippen LogP contribution is -2.36. The van der Waals surface area contributed by atoms with Gasteiger partial charge in [0.15, 0.2) is 0 Å².